The van der Waals surface area contributed by atoms with Gasteiger partial charge in [-0.15, -0.1) is 11.3 Å². The van der Waals surface area contributed by atoms with Crippen LogP contribution in [0.15, 0.2) is 23.7 Å². The quantitative estimate of drug-likeness (QED) is 0.881. The summed E-state index contributed by atoms with van der Waals surface area (Å²) in [6, 6.07) is 5.83. The number of thiazole rings is 1. The molecule has 5 heteroatoms. The molecule has 0 saturated carbocycles. The number of hydrogen-bond acceptors (Lipinski definition) is 5. The highest BCUT2D eigenvalue weighted by atomic mass is 32.1. The fourth-order valence-corrected chi connectivity index (χ4v) is 2.61. The maximum absolute atomic E-state index is 5.28. The summed E-state index contributed by atoms with van der Waals surface area (Å²) < 4.78 is 10.5. The highest BCUT2D eigenvalue weighted by Gasteiger charge is 2.05. The minimum absolute atomic E-state index is 0.737. The van der Waals surface area contributed by atoms with Gasteiger partial charge in [0.15, 0.2) is 11.5 Å². The number of ether oxygens (including phenoxy) is 2. The molecule has 0 unspecified atom stereocenters. The van der Waals surface area contributed by atoms with Gasteiger partial charge in [-0.2, -0.15) is 0 Å². The minimum Gasteiger partial charge on any atom is -0.493 e. The molecule has 1 heterocycles. The Morgan fingerprint density at radius 3 is 2.63 bits per heavy atom. The molecule has 2 rings (SSSR count). The van der Waals surface area contributed by atoms with E-state index in [4.69, 9.17) is 9.47 Å². The largest absolute Gasteiger partial charge is 0.493 e. The average Bonchev–Trinajstić information content (AvgIpc) is 2.84. The molecule has 19 heavy (non-hydrogen) atoms. The van der Waals surface area contributed by atoms with Crippen LogP contribution in [-0.4, -0.2) is 25.7 Å². The molecule has 0 amide bonds. The minimum atomic E-state index is 0.737. The maximum Gasteiger partial charge on any atom is 0.162 e. The lowest BCUT2D eigenvalue weighted by Crippen LogP contribution is -2.05. The van der Waals surface area contributed by atoms with E-state index in [1.807, 2.05) is 30.6 Å². The van der Waals surface area contributed by atoms with E-state index in [2.05, 4.69) is 10.3 Å². The van der Waals surface area contributed by atoms with Crippen LogP contribution >= 0.6 is 11.3 Å². The molecule has 102 valence electrons. The van der Waals surface area contributed by atoms with Crippen molar-refractivity contribution in [3.63, 3.8) is 0 Å². The van der Waals surface area contributed by atoms with Crippen molar-refractivity contribution >= 4 is 17.0 Å². The monoisotopic (exact) mass is 278 g/mol. The number of methoxy groups -OCH3 is 2. The third-order valence-corrected chi connectivity index (χ3v) is 3.90. The van der Waals surface area contributed by atoms with E-state index in [0.29, 0.717) is 0 Å². The number of rotatable bonds is 6. The van der Waals surface area contributed by atoms with Crippen molar-refractivity contribution in [2.45, 2.75) is 13.3 Å². The zero-order valence-corrected chi connectivity index (χ0v) is 12.2. The summed E-state index contributed by atoms with van der Waals surface area (Å²) in [5.74, 6) is 1.48. The Morgan fingerprint density at radius 1 is 1.21 bits per heavy atom. The summed E-state index contributed by atoms with van der Waals surface area (Å²) in [6.07, 6.45) is 0.977. The Morgan fingerprint density at radius 2 is 2.00 bits per heavy atom. The third kappa shape index (κ3) is 3.38. The topological polar surface area (TPSA) is 43.4 Å². The van der Waals surface area contributed by atoms with Gasteiger partial charge in [-0.25, -0.2) is 4.98 Å². The van der Waals surface area contributed by atoms with Crippen LogP contribution in [0.5, 0.6) is 11.5 Å². The molecule has 1 aromatic heterocycles. The second-order valence-electron chi connectivity index (χ2n) is 4.11. The van der Waals surface area contributed by atoms with Crippen molar-refractivity contribution < 1.29 is 9.47 Å². The second kappa shape index (κ2) is 6.43. The van der Waals surface area contributed by atoms with Crippen molar-refractivity contribution in [3.05, 3.63) is 34.3 Å². The van der Waals surface area contributed by atoms with E-state index in [-0.39, 0.29) is 0 Å². The van der Waals surface area contributed by atoms with Gasteiger partial charge in [0, 0.05) is 29.6 Å². The zero-order valence-electron chi connectivity index (χ0n) is 11.4. The van der Waals surface area contributed by atoms with E-state index in [1.54, 1.807) is 25.6 Å². The molecule has 1 aromatic carbocycles. The number of aromatic nitrogens is 1. The summed E-state index contributed by atoms with van der Waals surface area (Å²) >= 11 is 1.70. The van der Waals surface area contributed by atoms with Gasteiger partial charge in [0.05, 0.1) is 25.4 Å². The Bertz CT molecular complexity index is 540. The Balaban J connectivity index is 1.94. The predicted molar refractivity (Wildman–Crippen MR) is 78.6 cm³/mol. The van der Waals surface area contributed by atoms with Crippen LogP contribution in [0.25, 0.3) is 0 Å². The van der Waals surface area contributed by atoms with Crippen LogP contribution in [-0.2, 0) is 6.42 Å². The van der Waals surface area contributed by atoms with Gasteiger partial charge >= 0.3 is 0 Å². The third-order valence-electron chi connectivity index (χ3n) is 2.91. The first-order valence-corrected chi connectivity index (χ1v) is 6.97. The zero-order chi connectivity index (χ0) is 13.7. The number of aryl methyl sites for hydroxylation is 1. The van der Waals surface area contributed by atoms with Crippen LogP contribution in [0, 0.1) is 6.92 Å². The van der Waals surface area contributed by atoms with Crippen molar-refractivity contribution in [3.8, 4) is 11.5 Å². The molecule has 0 aliphatic heterocycles. The van der Waals surface area contributed by atoms with Crippen molar-refractivity contribution in [1.29, 1.82) is 0 Å². The van der Waals surface area contributed by atoms with Crippen LogP contribution in [0.3, 0.4) is 0 Å². The molecule has 0 spiro atoms. The molecular weight excluding hydrogens is 260 g/mol. The van der Waals surface area contributed by atoms with Crippen LogP contribution < -0.4 is 14.8 Å². The van der Waals surface area contributed by atoms with Crippen molar-refractivity contribution in [1.82, 2.24) is 4.98 Å². The van der Waals surface area contributed by atoms with Crippen molar-refractivity contribution in [2.24, 2.45) is 0 Å². The van der Waals surface area contributed by atoms with Gasteiger partial charge in [0.2, 0.25) is 0 Å². The SMILES string of the molecule is COc1ccc(NCCc2scnc2C)cc1OC. The van der Waals surface area contributed by atoms with Crippen molar-refractivity contribution in [2.75, 3.05) is 26.1 Å². The molecule has 0 saturated heterocycles. The van der Waals surface area contributed by atoms with E-state index in [0.717, 1.165) is 35.8 Å². The fraction of sp³-hybridized carbons (Fsp3) is 0.357. The standard InChI is InChI=1S/C14H18N2O2S/c1-10-14(19-9-16-10)6-7-15-11-4-5-12(17-2)13(8-11)18-3/h4-5,8-9,15H,6-7H2,1-3H3. The first-order valence-electron chi connectivity index (χ1n) is 6.09. The molecule has 0 bridgehead atoms. The number of nitrogens with one attached hydrogen (secondary N) is 1. The van der Waals surface area contributed by atoms with Crippen LogP contribution in [0.1, 0.15) is 10.6 Å². The number of benzene rings is 1. The first kappa shape index (κ1) is 13.7. The summed E-state index contributed by atoms with van der Waals surface area (Å²) in [7, 11) is 3.28. The number of anilines is 1. The molecular formula is C14H18N2O2S. The van der Waals surface area contributed by atoms with Crippen LogP contribution in [0.4, 0.5) is 5.69 Å². The first-order chi connectivity index (χ1) is 9.24. The Hall–Kier alpha value is -1.75. The lowest BCUT2D eigenvalue weighted by molar-refractivity contribution is 0.355. The number of hydrogen-bond donors (Lipinski definition) is 1. The fourth-order valence-electron chi connectivity index (χ4n) is 1.83. The van der Waals surface area contributed by atoms with Gasteiger partial charge < -0.3 is 14.8 Å². The molecule has 0 fully saturated rings. The average molecular weight is 278 g/mol. The van der Waals surface area contributed by atoms with E-state index in [9.17, 15) is 0 Å². The number of nitrogens with zero attached hydrogens (tertiary/aromatic N) is 1. The van der Waals surface area contributed by atoms with E-state index in [1.165, 1.54) is 4.88 Å². The Labute approximate surface area is 117 Å². The van der Waals surface area contributed by atoms with E-state index >= 15 is 0 Å². The molecule has 4 nitrogen and oxygen atoms in total. The highest BCUT2D eigenvalue weighted by Crippen LogP contribution is 2.29. The van der Waals surface area contributed by atoms with Gasteiger partial charge in [0.1, 0.15) is 0 Å². The molecule has 0 radical (unpaired) electrons. The van der Waals surface area contributed by atoms with Gasteiger partial charge in [-0.05, 0) is 19.1 Å². The summed E-state index contributed by atoms with van der Waals surface area (Å²) in [6.45, 7) is 2.92. The van der Waals surface area contributed by atoms with Gasteiger partial charge in [-0.3, -0.25) is 0 Å². The molecule has 1 N–H and O–H groups in total. The maximum atomic E-state index is 5.28. The summed E-state index contributed by atoms with van der Waals surface area (Å²) in [5, 5.41) is 3.38. The molecule has 0 aliphatic carbocycles. The molecule has 0 atom stereocenters. The van der Waals surface area contributed by atoms with Gasteiger partial charge in [-0.1, -0.05) is 0 Å². The Kier molecular flexibility index (Phi) is 4.63. The summed E-state index contributed by atoms with van der Waals surface area (Å²) in [5.41, 5.74) is 4.04. The summed E-state index contributed by atoms with van der Waals surface area (Å²) in [4.78, 5) is 5.57. The van der Waals surface area contributed by atoms with Gasteiger partial charge in [0.25, 0.3) is 0 Å². The normalized spacial score (nSPS) is 10.3. The molecule has 0 aliphatic rings. The predicted octanol–water partition coefficient (Wildman–Crippen LogP) is 3.12. The van der Waals surface area contributed by atoms with E-state index < -0.39 is 0 Å². The second-order valence-corrected chi connectivity index (χ2v) is 5.05. The molecule has 2 aromatic rings. The smallest absolute Gasteiger partial charge is 0.162 e. The lowest BCUT2D eigenvalue weighted by atomic mass is 10.2. The lowest BCUT2D eigenvalue weighted by Gasteiger charge is -2.11. The van der Waals surface area contributed by atoms with Crippen LogP contribution in [0.2, 0.25) is 0 Å². The highest BCUT2D eigenvalue weighted by molar-refractivity contribution is 7.09.